The van der Waals surface area contributed by atoms with Crippen LogP contribution < -0.4 is 16.0 Å². The van der Waals surface area contributed by atoms with Crippen LogP contribution in [0.4, 0.5) is 0 Å². The summed E-state index contributed by atoms with van der Waals surface area (Å²) in [5.74, 6) is -2.01. The van der Waals surface area contributed by atoms with E-state index in [2.05, 4.69) is 46.3 Å². The van der Waals surface area contributed by atoms with E-state index in [1.807, 2.05) is 23.0 Å². The molecule has 200 valence electrons. The average Bonchev–Trinajstić information content (AvgIpc) is 3.92. The molecule has 2 fully saturated rings. The molecular formula is C31H28N6O3. The molecule has 0 radical (unpaired) electrons. The van der Waals surface area contributed by atoms with Crippen molar-refractivity contribution in [2.45, 2.75) is 43.8 Å². The van der Waals surface area contributed by atoms with Gasteiger partial charge in [-0.25, -0.2) is 0 Å². The number of aromatic nitrogens is 2. The summed E-state index contributed by atoms with van der Waals surface area (Å²) in [5, 5.41) is 23.6. The Balaban J connectivity index is 1.26. The predicted octanol–water partition coefficient (Wildman–Crippen LogP) is 3.71. The number of nitrogens with one attached hydrogen (secondary N) is 3. The van der Waals surface area contributed by atoms with E-state index in [9.17, 15) is 14.4 Å². The highest BCUT2D eigenvalue weighted by molar-refractivity contribution is 6.35. The molecule has 2 aliphatic rings. The van der Waals surface area contributed by atoms with E-state index in [1.165, 1.54) is 12.8 Å². The average molecular weight is 533 g/mol. The first kappa shape index (κ1) is 25.3. The summed E-state index contributed by atoms with van der Waals surface area (Å²) < 4.78 is 2.04. The van der Waals surface area contributed by atoms with E-state index in [4.69, 9.17) is 10.4 Å². The van der Waals surface area contributed by atoms with Crippen molar-refractivity contribution < 1.29 is 14.4 Å². The number of carbonyl (C=O) groups excluding carboxylic acids is 3. The zero-order valence-corrected chi connectivity index (χ0v) is 21.8. The lowest BCUT2D eigenvalue weighted by Crippen LogP contribution is -2.40. The van der Waals surface area contributed by atoms with Crippen LogP contribution in [0.1, 0.15) is 53.2 Å². The Bertz CT molecular complexity index is 1680. The van der Waals surface area contributed by atoms with Gasteiger partial charge in [0.2, 0.25) is 0 Å². The summed E-state index contributed by atoms with van der Waals surface area (Å²) in [5.41, 5.74) is 3.50. The van der Waals surface area contributed by atoms with Crippen LogP contribution >= 0.6 is 0 Å². The largest absolute Gasteiger partial charge is 0.344 e. The van der Waals surface area contributed by atoms with Crippen LogP contribution in [-0.2, 0) is 21.7 Å². The fourth-order valence-electron chi connectivity index (χ4n) is 5.11. The monoisotopic (exact) mass is 532 g/mol. The molecule has 2 aliphatic carbocycles. The molecule has 3 amide bonds. The highest BCUT2D eigenvalue weighted by atomic mass is 16.2. The summed E-state index contributed by atoms with van der Waals surface area (Å²) in [6, 6.07) is 23.8. The molecule has 6 rings (SSSR count). The first-order valence-electron chi connectivity index (χ1n) is 13.4. The van der Waals surface area contributed by atoms with Crippen LogP contribution in [0.2, 0.25) is 0 Å². The quantitative estimate of drug-likeness (QED) is 0.235. The fraction of sp³-hybridized carbons (Fsp3) is 0.258. The molecule has 3 aromatic carbocycles. The van der Waals surface area contributed by atoms with E-state index in [0.717, 1.165) is 40.4 Å². The molecule has 4 aromatic rings. The van der Waals surface area contributed by atoms with Gasteiger partial charge < -0.3 is 16.0 Å². The summed E-state index contributed by atoms with van der Waals surface area (Å²) >= 11 is 0. The minimum absolute atomic E-state index is 0.00251. The third-order valence-corrected chi connectivity index (χ3v) is 7.54. The van der Waals surface area contributed by atoms with Gasteiger partial charge in [0.1, 0.15) is 6.54 Å². The zero-order valence-electron chi connectivity index (χ0n) is 21.8. The van der Waals surface area contributed by atoms with Gasteiger partial charge in [-0.05, 0) is 71.8 Å². The highest BCUT2D eigenvalue weighted by Crippen LogP contribution is 2.49. The van der Waals surface area contributed by atoms with Gasteiger partial charge in [-0.2, -0.15) is 10.4 Å². The fourth-order valence-corrected chi connectivity index (χ4v) is 5.11. The number of nitrogens with zero attached hydrogens (tertiary/aromatic N) is 3. The Morgan fingerprint density at radius 2 is 1.73 bits per heavy atom. The molecule has 3 N–H and O–H groups in total. The predicted molar refractivity (Wildman–Crippen MR) is 149 cm³/mol. The van der Waals surface area contributed by atoms with Crippen molar-refractivity contribution >= 4 is 28.5 Å². The van der Waals surface area contributed by atoms with Crippen molar-refractivity contribution in [2.24, 2.45) is 0 Å². The van der Waals surface area contributed by atoms with E-state index in [-0.39, 0.29) is 19.0 Å². The van der Waals surface area contributed by atoms with Crippen molar-refractivity contribution in [3.63, 3.8) is 0 Å². The maximum absolute atomic E-state index is 13.6. The molecule has 0 bridgehead atoms. The molecule has 9 heteroatoms. The third-order valence-electron chi connectivity index (χ3n) is 7.54. The van der Waals surface area contributed by atoms with Gasteiger partial charge in [0.15, 0.2) is 0 Å². The molecule has 0 aliphatic heterocycles. The SMILES string of the molecule is N#CCNC(=O)C(=O)NCc1ccccc1C(=O)NC1(c2cc(-c3ccn(C4CC4)n3)cc3ccccc23)CC1. The second-order valence-corrected chi connectivity index (χ2v) is 10.4. The molecular weight excluding hydrogens is 504 g/mol. The minimum Gasteiger partial charge on any atom is -0.344 e. The number of carbonyl (C=O) groups is 3. The van der Waals surface area contributed by atoms with Crippen molar-refractivity contribution in [3.05, 3.63) is 89.6 Å². The van der Waals surface area contributed by atoms with Crippen LogP contribution in [-0.4, -0.2) is 34.0 Å². The third kappa shape index (κ3) is 5.04. The Labute approximate surface area is 231 Å². The Morgan fingerprint density at radius 3 is 2.50 bits per heavy atom. The lowest BCUT2D eigenvalue weighted by molar-refractivity contribution is -0.139. The molecule has 1 aromatic heterocycles. The Hall–Kier alpha value is -4.97. The van der Waals surface area contributed by atoms with Crippen molar-refractivity contribution in [1.29, 1.82) is 5.26 Å². The first-order valence-corrected chi connectivity index (χ1v) is 13.4. The molecule has 2 saturated carbocycles. The summed E-state index contributed by atoms with van der Waals surface area (Å²) in [6.45, 7) is -0.261. The lowest BCUT2D eigenvalue weighted by atomic mass is 9.93. The molecule has 0 atom stereocenters. The van der Waals surface area contributed by atoms with Gasteiger partial charge in [0.25, 0.3) is 5.91 Å². The van der Waals surface area contributed by atoms with Gasteiger partial charge in [0.05, 0.1) is 23.3 Å². The second kappa shape index (κ2) is 10.3. The molecule has 0 spiro atoms. The van der Waals surface area contributed by atoms with Gasteiger partial charge in [-0.3, -0.25) is 19.1 Å². The number of benzene rings is 3. The topological polar surface area (TPSA) is 129 Å². The van der Waals surface area contributed by atoms with Crippen LogP contribution in [0.15, 0.2) is 72.9 Å². The molecule has 9 nitrogen and oxygen atoms in total. The number of fused-ring (bicyclic) bond motifs is 1. The van der Waals surface area contributed by atoms with Gasteiger partial charge in [-0.1, -0.05) is 42.5 Å². The Morgan fingerprint density at radius 1 is 0.975 bits per heavy atom. The van der Waals surface area contributed by atoms with Crippen LogP contribution in [0.3, 0.4) is 0 Å². The summed E-state index contributed by atoms with van der Waals surface area (Å²) in [7, 11) is 0. The van der Waals surface area contributed by atoms with Crippen LogP contribution in [0.5, 0.6) is 0 Å². The molecule has 40 heavy (non-hydrogen) atoms. The van der Waals surface area contributed by atoms with Crippen molar-refractivity contribution in [1.82, 2.24) is 25.7 Å². The van der Waals surface area contributed by atoms with Gasteiger partial charge >= 0.3 is 11.8 Å². The molecule has 1 heterocycles. The number of nitriles is 1. The normalized spacial score (nSPS) is 15.2. The van der Waals surface area contributed by atoms with E-state index in [0.29, 0.717) is 17.2 Å². The van der Waals surface area contributed by atoms with Crippen LogP contribution in [0, 0.1) is 11.3 Å². The number of hydrogen-bond donors (Lipinski definition) is 3. The number of hydrogen-bond acceptors (Lipinski definition) is 5. The van der Waals surface area contributed by atoms with Crippen LogP contribution in [0.25, 0.3) is 22.0 Å². The summed E-state index contributed by atoms with van der Waals surface area (Å²) in [6.07, 6.45) is 5.98. The zero-order chi connectivity index (χ0) is 27.7. The maximum Gasteiger partial charge on any atom is 0.310 e. The number of amides is 3. The smallest absolute Gasteiger partial charge is 0.310 e. The lowest BCUT2D eigenvalue weighted by Gasteiger charge is -2.22. The second-order valence-electron chi connectivity index (χ2n) is 10.4. The minimum atomic E-state index is -0.894. The highest BCUT2D eigenvalue weighted by Gasteiger charge is 2.47. The Kier molecular flexibility index (Phi) is 6.52. The molecule has 0 unspecified atom stereocenters. The van der Waals surface area contributed by atoms with Crippen molar-refractivity contribution in [2.75, 3.05) is 6.54 Å². The van der Waals surface area contributed by atoms with Crippen molar-refractivity contribution in [3.8, 4) is 17.3 Å². The van der Waals surface area contributed by atoms with Gasteiger partial charge in [-0.15, -0.1) is 0 Å². The van der Waals surface area contributed by atoms with Gasteiger partial charge in [0, 0.05) is 23.9 Å². The standard InChI is InChI=1S/C31H28N6O3/c32-14-15-33-29(39)30(40)34-19-21-6-2-4-8-25(21)28(38)35-31(12-13-31)26-18-22(17-20-5-1-3-7-24(20)26)27-11-16-37(36-27)23-9-10-23/h1-8,11,16-18,23H,9-10,12-13,15,19H2,(H,33,39)(H,34,40)(H,35,38). The van der Waals surface area contributed by atoms with E-state index in [1.54, 1.807) is 30.3 Å². The van der Waals surface area contributed by atoms with E-state index < -0.39 is 17.4 Å². The summed E-state index contributed by atoms with van der Waals surface area (Å²) in [4.78, 5) is 37.5. The first-order chi connectivity index (χ1) is 19.5. The van der Waals surface area contributed by atoms with E-state index >= 15 is 0 Å². The molecule has 0 saturated heterocycles. The number of rotatable bonds is 8. The maximum atomic E-state index is 13.6.